The van der Waals surface area contributed by atoms with Gasteiger partial charge in [-0.05, 0) is 24.3 Å². The highest BCUT2D eigenvalue weighted by Gasteiger charge is 2.34. The predicted molar refractivity (Wildman–Crippen MR) is 75.7 cm³/mol. The molecule has 0 aliphatic carbocycles. The number of aliphatic carboxylic acids is 1. The molecule has 0 unspecified atom stereocenters. The van der Waals surface area contributed by atoms with Crippen molar-refractivity contribution in [1.82, 2.24) is 4.90 Å². The minimum absolute atomic E-state index is 0.189. The first-order valence-corrected chi connectivity index (χ1v) is 7.13. The Balaban J connectivity index is 2.13. The van der Waals surface area contributed by atoms with Crippen LogP contribution >= 0.6 is 11.8 Å². The van der Waals surface area contributed by atoms with E-state index in [0.29, 0.717) is 22.9 Å². The zero-order valence-corrected chi connectivity index (χ0v) is 11.6. The number of amides is 2. The number of nitrogens with zero attached hydrogens (tertiary/aromatic N) is 1. The van der Waals surface area contributed by atoms with E-state index >= 15 is 0 Å². The van der Waals surface area contributed by atoms with Gasteiger partial charge in [0.05, 0.1) is 5.88 Å². The number of carbonyl (C=O) groups excluding carboxylic acids is 2. The summed E-state index contributed by atoms with van der Waals surface area (Å²) < 4.78 is 0. The van der Waals surface area contributed by atoms with Gasteiger partial charge in [0.25, 0.3) is 5.91 Å². The van der Waals surface area contributed by atoms with Gasteiger partial charge in [0, 0.05) is 23.9 Å². The normalized spacial score (nSPS) is 17.9. The largest absolute Gasteiger partial charge is 0.480 e. The Morgan fingerprint density at radius 3 is 2.50 bits per heavy atom. The highest BCUT2D eigenvalue weighted by Crippen LogP contribution is 2.23. The second-order valence-electron chi connectivity index (χ2n) is 4.39. The zero-order chi connectivity index (χ0) is 14.7. The molecule has 1 fully saturated rings. The Morgan fingerprint density at radius 1 is 1.30 bits per heavy atom. The molecule has 2 N–H and O–H groups in total. The van der Waals surface area contributed by atoms with E-state index in [-0.39, 0.29) is 11.8 Å². The summed E-state index contributed by atoms with van der Waals surface area (Å²) >= 11 is 1.42. The third-order valence-electron chi connectivity index (χ3n) is 2.88. The maximum Gasteiger partial charge on any atom is 0.327 e. The van der Waals surface area contributed by atoms with Gasteiger partial charge in [0.1, 0.15) is 6.04 Å². The molecule has 0 radical (unpaired) electrons. The maximum absolute atomic E-state index is 12.3. The summed E-state index contributed by atoms with van der Waals surface area (Å²) in [6, 6.07) is 5.62. The molecule has 2 rings (SSSR count). The Bertz CT molecular complexity index is 544. The minimum atomic E-state index is -0.988. The lowest BCUT2D eigenvalue weighted by Crippen LogP contribution is -2.41. The molecule has 0 saturated carbocycles. The summed E-state index contributed by atoms with van der Waals surface area (Å²) in [5.74, 6) is -0.699. The van der Waals surface area contributed by atoms with E-state index in [1.165, 1.54) is 23.6 Å². The molecule has 1 aromatic rings. The molecule has 20 heavy (non-hydrogen) atoms. The van der Waals surface area contributed by atoms with Crippen molar-refractivity contribution in [1.29, 1.82) is 0 Å². The van der Waals surface area contributed by atoms with Crippen LogP contribution < -0.4 is 5.32 Å². The van der Waals surface area contributed by atoms with Crippen LogP contribution in [-0.4, -0.2) is 45.5 Å². The Labute approximate surface area is 120 Å². The van der Waals surface area contributed by atoms with Crippen LogP contribution in [0.4, 0.5) is 5.69 Å². The summed E-state index contributed by atoms with van der Waals surface area (Å²) in [5.41, 5.74) is 1.01. The monoisotopic (exact) mass is 294 g/mol. The number of nitrogens with one attached hydrogen (secondary N) is 1. The van der Waals surface area contributed by atoms with Gasteiger partial charge in [-0.2, -0.15) is 0 Å². The molecule has 0 bridgehead atoms. The molecule has 1 aromatic carbocycles. The molecule has 0 spiro atoms. The Morgan fingerprint density at radius 2 is 1.95 bits per heavy atom. The first-order valence-electron chi connectivity index (χ1n) is 5.98. The summed E-state index contributed by atoms with van der Waals surface area (Å²) in [6.07, 6.45) is 0. The zero-order valence-electron chi connectivity index (χ0n) is 10.8. The number of carboxylic acid groups (broad SMARTS) is 1. The first-order chi connectivity index (χ1) is 9.49. The topological polar surface area (TPSA) is 86.7 Å². The van der Waals surface area contributed by atoms with Gasteiger partial charge in [-0.15, -0.1) is 11.8 Å². The fourth-order valence-corrected chi connectivity index (χ4v) is 3.06. The van der Waals surface area contributed by atoms with E-state index in [4.69, 9.17) is 5.11 Å². The highest BCUT2D eigenvalue weighted by atomic mass is 32.2. The highest BCUT2D eigenvalue weighted by molar-refractivity contribution is 7.99. The molecule has 1 saturated heterocycles. The second-order valence-corrected chi connectivity index (χ2v) is 5.39. The van der Waals surface area contributed by atoms with Crippen LogP contribution in [0.15, 0.2) is 24.3 Å². The molecular formula is C13H14N2O4S. The molecule has 6 nitrogen and oxygen atoms in total. The van der Waals surface area contributed by atoms with E-state index in [0.717, 1.165) is 0 Å². The van der Waals surface area contributed by atoms with Crippen molar-refractivity contribution >= 4 is 35.2 Å². The van der Waals surface area contributed by atoms with Gasteiger partial charge in [0.2, 0.25) is 5.91 Å². The summed E-state index contributed by atoms with van der Waals surface area (Å²) in [7, 11) is 0. The van der Waals surface area contributed by atoms with Crippen molar-refractivity contribution in [3.05, 3.63) is 29.8 Å². The van der Waals surface area contributed by atoms with E-state index in [2.05, 4.69) is 5.32 Å². The standard InChI is InChI=1S/C13H14N2O4S/c1-8(16)14-10-4-2-9(3-5-10)12(17)15-7-20-6-11(15)13(18)19/h2-5,11H,6-7H2,1H3,(H,14,16)(H,18,19)/t11-/m0/s1. The van der Waals surface area contributed by atoms with Gasteiger partial charge in [0.15, 0.2) is 0 Å². The van der Waals surface area contributed by atoms with Gasteiger partial charge >= 0.3 is 5.97 Å². The predicted octanol–water partition coefficient (Wildman–Crippen LogP) is 1.24. The number of carboxylic acids is 1. The molecular weight excluding hydrogens is 280 g/mol. The van der Waals surface area contributed by atoms with Gasteiger partial charge < -0.3 is 15.3 Å². The summed E-state index contributed by atoms with van der Waals surface area (Å²) in [5, 5.41) is 11.7. The fraction of sp³-hybridized carbons (Fsp3) is 0.308. The van der Waals surface area contributed by atoms with Crippen LogP contribution in [0.25, 0.3) is 0 Å². The lowest BCUT2D eigenvalue weighted by Gasteiger charge is -2.20. The van der Waals surface area contributed by atoms with E-state index in [9.17, 15) is 14.4 Å². The van der Waals surface area contributed by atoms with Crippen molar-refractivity contribution in [2.45, 2.75) is 13.0 Å². The SMILES string of the molecule is CC(=O)Nc1ccc(C(=O)N2CSC[C@H]2C(=O)O)cc1. The van der Waals surface area contributed by atoms with Crippen molar-refractivity contribution in [3.8, 4) is 0 Å². The van der Waals surface area contributed by atoms with Crippen LogP contribution in [0.5, 0.6) is 0 Å². The molecule has 2 amide bonds. The number of benzene rings is 1. The van der Waals surface area contributed by atoms with Crippen LogP contribution in [-0.2, 0) is 9.59 Å². The fourth-order valence-electron chi connectivity index (χ4n) is 1.91. The summed E-state index contributed by atoms with van der Waals surface area (Å²) in [4.78, 5) is 35.6. The molecule has 0 aromatic heterocycles. The maximum atomic E-state index is 12.3. The lowest BCUT2D eigenvalue weighted by molar-refractivity contribution is -0.140. The number of carbonyl (C=O) groups is 3. The molecule has 1 atom stereocenters. The van der Waals surface area contributed by atoms with Crippen molar-refractivity contribution in [3.63, 3.8) is 0 Å². The molecule has 106 valence electrons. The van der Waals surface area contributed by atoms with Crippen LogP contribution in [0.2, 0.25) is 0 Å². The van der Waals surface area contributed by atoms with E-state index < -0.39 is 12.0 Å². The number of hydrogen-bond donors (Lipinski definition) is 2. The molecule has 1 aliphatic rings. The lowest BCUT2D eigenvalue weighted by atomic mass is 10.1. The van der Waals surface area contributed by atoms with Crippen molar-refractivity contribution in [2.75, 3.05) is 16.9 Å². The number of thioether (sulfide) groups is 1. The number of hydrogen-bond acceptors (Lipinski definition) is 4. The first kappa shape index (κ1) is 14.4. The van der Waals surface area contributed by atoms with Gasteiger partial charge in [-0.25, -0.2) is 4.79 Å². The average molecular weight is 294 g/mol. The Kier molecular flexibility index (Phi) is 4.29. The summed E-state index contributed by atoms with van der Waals surface area (Å²) in [6.45, 7) is 1.40. The van der Waals surface area contributed by atoms with Gasteiger partial charge in [-0.3, -0.25) is 9.59 Å². The Hall–Kier alpha value is -2.02. The van der Waals surface area contributed by atoms with Crippen LogP contribution in [0.3, 0.4) is 0 Å². The van der Waals surface area contributed by atoms with E-state index in [1.807, 2.05) is 0 Å². The van der Waals surface area contributed by atoms with Crippen LogP contribution in [0, 0.1) is 0 Å². The molecule has 1 aliphatic heterocycles. The number of anilines is 1. The molecule has 7 heteroatoms. The average Bonchev–Trinajstić information content (AvgIpc) is 2.87. The smallest absolute Gasteiger partial charge is 0.327 e. The third kappa shape index (κ3) is 3.11. The quantitative estimate of drug-likeness (QED) is 0.876. The molecule has 1 heterocycles. The number of rotatable bonds is 3. The second kappa shape index (κ2) is 5.96. The minimum Gasteiger partial charge on any atom is -0.480 e. The third-order valence-corrected chi connectivity index (χ3v) is 3.89. The van der Waals surface area contributed by atoms with Gasteiger partial charge in [-0.1, -0.05) is 0 Å². The van der Waals surface area contributed by atoms with Crippen molar-refractivity contribution in [2.24, 2.45) is 0 Å². The van der Waals surface area contributed by atoms with Crippen molar-refractivity contribution < 1.29 is 19.5 Å². The van der Waals surface area contributed by atoms with Crippen LogP contribution in [0.1, 0.15) is 17.3 Å². The van der Waals surface area contributed by atoms with E-state index in [1.54, 1.807) is 24.3 Å².